The van der Waals surface area contributed by atoms with Crippen molar-refractivity contribution in [1.29, 1.82) is 0 Å². The number of Topliss-reactive ketones (excluding diaryl/α,β-unsaturated/α-hetero) is 1. The van der Waals surface area contributed by atoms with Crippen LogP contribution in [0.4, 0.5) is 0 Å². The number of aliphatic hydroxyl groups is 1. The first-order valence-electron chi connectivity index (χ1n) is 8.55. The number of nitrogens with zero attached hydrogens (tertiary/aromatic N) is 1. The molecule has 0 saturated carbocycles. The Labute approximate surface area is 157 Å². The average Bonchev–Trinajstić information content (AvgIpc) is 2.97. The largest absolute Gasteiger partial charge is 0.507 e. The van der Waals surface area contributed by atoms with Crippen molar-refractivity contribution < 1.29 is 24.2 Å². The van der Waals surface area contributed by atoms with Crippen LogP contribution in [-0.2, 0) is 14.3 Å². The first-order valence-corrected chi connectivity index (χ1v) is 8.55. The molecule has 1 heterocycles. The van der Waals surface area contributed by atoms with Gasteiger partial charge in [0.25, 0.3) is 11.7 Å². The predicted molar refractivity (Wildman–Crippen MR) is 100 cm³/mol. The van der Waals surface area contributed by atoms with Crippen LogP contribution < -0.4 is 4.74 Å². The van der Waals surface area contributed by atoms with Gasteiger partial charge in [0.1, 0.15) is 11.5 Å². The first kappa shape index (κ1) is 18.7. The van der Waals surface area contributed by atoms with Gasteiger partial charge in [0.15, 0.2) is 0 Å². The van der Waals surface area contributed by atoms with Gasteiger partial charge in [-0.05, 0) is 17.7 Å². The maximum atomic E-state index is 12.7. The highest BCUT2D eigenvalue weighted by Crippen LogP contribution is 2.39. The van der Waals surface area contributed by atoms with E-state index in [-0.39, 0.29) is 24.5 Å². The maximum Gasteiger partial charge on any atom is 0.295 e. The van der Waals surface area contributed by atoms with Crippen molar-refractivity contribution >= 4 is 17.4 Å². The molecule has 1 N–H and O–H groups in total. The van der Waals surface area contributed by atoms with Crippen LogP contribution in [0.1, 0.15) is 17.2 Å². The van der Waals surface area contributed by atoms with Gasteiger partial charge in [-0.25, -0.2) is 0 Å². The highest BCUT2D eigenvalue weighted by molar-refractivity contribution is 6.46. The Bertz CT molecular complexity index is 858. The summed E-state index contributed by atoms with van der Waals surface area (Å²) in [5.74, 6) is -0.871. The van der Waals surface area contributed by atoms with Crippen LogP contribution in [0.2, 0.25) is 0 Å². The lowest BCUT2D eigenvalue weighted by Gasteiger charge is -2.25. The average molecular weight is 367 g/mol. The molecule has 2 aromatic rings. The fourth-order valence-electron chi connectivity index (χ4n) is 3.18. The monoisotopic (exact) mass is 367 g/mol. The van der Waals surface area contributed by atoms with E-state index in [2.05, 4.69) is 0 Å². The summed E-state index contributed by atoms with van der Waals surface area (Å²) < 4.78 is 10.3. The van der Waals surface area contributed by atoms with Crippen LogP contribution >= 0.6 is 0 Å². The van der Waals surface area contributed by atoms with Crippen molar-refractivity contribution in [3.63, 3.8) is 0 Å². The second-order valence-electron chi connectivity index (χ2n) is 6.12. The molecule has 6 heteroatoms. The van der Waals surface area contributed by atoms with E-state index in [1.54, 1.807) is 55.6 Å². The lowest BCUT2D eigenvalue weighted by atomic mass is 9.95. The lowest BCUT2D eigenvalue weighted by Crippen LogP contribution is -2.32. The fourth-order valence-corrected chi connectivity index (χ4v) is 3.18. The number of carbonyl (C=O) groups is 2. The Balaban J connectivity index is 2.13. The summed E-state index contributed by atoms with van der Waals surface area (Å²) in [6.45, 7) is 0.522. The number of carbonyl (C=O) groups excluding carboxylic acids is 2. The van der Waals surface area contributed by atoms with Crippen LogP contribution in [0.3, 0.4) is 0 Å². The summed E-state index contributed by atoms with van der Waals surface area (Å²) in [6, 6.07) is 15.1. The Kier molecular flexibility index (Phi) is 5.57. The normalized spacial score (nSPS) is 18.7. The third-order valence-corrected chi connectivity index (χ3v) is 4.56. The molecule has 1 unspecified atom stereocenters. The fraction of sp³-hybridized carbons (Fsp3) is 0.238. The second-order valence-corrected chi connectivity index (χ2v) is 6.12. The summed E-state index contributed by atoms with van der Waals surface area (Å²) in [7, 11) is 3.10. The van der Waals surface area contributed by atoms with Gasteiger partial charge >= 0.3 is 0 Å². The molecule has 2 aromatic carbocycles. The first-order chi connectivity index (χ1) is 13.1. The van der Waals surface area contributed by atoms with E-state index < -0.39 is 17.7 Å². The SMILES string of the molecule is COCCN1C(=O)C(=O)C(=C(O)c2ccccc2)C1c1ccc(OC)cc1. The molecule has 1 atom stereocenters. The molecule has 0 spiro atoms. The zero-order valence-corrected chi connectivity index (χ0v) is 15.2. The predicted octanol–water partition coefficient (Wildman–Crippen LogP) is 2.76. The van der Waals surface area contributed by atoms with Crippen molar-refractivity contribution in [2.24, 2.45) is 0 Å². The number of benzene rings is 2. The van der Waals surface area contributed by atoms with Gasteiger partial charge in [0.05, 0.1) is 25.3 Å². The Morgan fingerprint density at radius 3 is 2.30 bits per heavy atom. The Morgan fingerprint density at radius 1 is 1.04 bits per heavy atom. The molecule has 0 aliphatic carbocycles. The Morgan fingerprint density at radius 2 is 1.70 bits per heavy atom. The molecule has 140 valence electrons. The number of hydrogen-bond acceptors (Lipinski definition) is 5. The molecule has 3 rings (SSSR count). The number of rotatable bonds is 6. The third-order valence-electron chi connectivity index (χ3n) is 4.56. The summed E-state index contributed by atoms with van der Waals surface area (Å²) in [6.07, 6.45) is 0. The summed E-state index contributed by atoms with van der Waals surface area (Å²) in [5, 5.41) is 10.8. The molecule has 1 fully saturated rings. The third kappa shape index (κ3) is 3.57. The van der Waals surface area contributed by atoms with Crippen molar-refractivity contribution in [2.75, 3.05) is 27.4 Å². The van der Waals surface area contributed by atoms with E-state index >= 15 is 0 Å². The molecular formula is C21H21NO5. The van der Waals surface area contributed by atoms with Crippen LogP contribution in [0.15, 0.2) is 60.2 Å². The molecule has 1 amide bonds. The smallest absolute Gasteiger partial charge is 0.295 e. The molecule has 6 nitrogen and oxygen atoms in total. The van der Waals surface area contributed by atoms with Gasteiger partial charge < -0.3 is 19.5 Å². The number of amides is 1. The summed E-state index contributed by atoms with van der Waals surface area (Å²) in [4.78, 5) is 26.8. The highest BCUT2D eigenvalue weighted by atomic mass is 16.5. The number of ether oxygens (including phenoxy) is 2. The molecular weight excluding hydrogens is 346 g/mol. The van der Waals surface area contributed by atoms with E-state index in [1.165, 1.54) is 12.0 Å². The molecule has 1 aliphatic heterocycles. The Hall–Kier alpha value is -3.12. The van der Waals surface area contributed by atoms with Crippen molar-refractivity contribution in [1.82, 2.24) is 4.90 Å². The highest BCUT2D eigenvalue weighted by Gasteiger charge is 2.45. The lowest BCUT2D eigenvalue weighted by molar-refractivity contribution is -0.140. The van der Waals surface area contributed by atoms with Gasteiger partial charge in [0, 0.05) is 19.2 Å². The maximum absolute atomic E-state index is 12.7. The standard InChI is InChI=1S/C21H21NO5/c1-26-13-12-22-18(14-8-10-16(27-2)11-9-14)17(20(24)21(22)25)19(23)15-6-4-3-5-7-15/h3-11,18,23H,12-13H2,1-2H3. The van der Waals surface area contributed by atoms with Gasteiger partial charge in [0.2, 0.25) is 0 Å². The van der Waals surface area contributed by atoms with Crippen LogP contribution in [0, 0.1) is 0 Å². The van der Waals surface area contributed by atoms with Gasteiger partial charge in [-0.15, -0.1) is 0 Å². The van der Waals surface area contributed by atoms with Crippen molar-refractivity contribution in [2.45, 2.75) is 6.04 Å². The number of likely N-dealkylation sites (tertiary alicyclic amines) is 1. The zero-order chi connectivity index (χ0) is 19.4. The minimum atomic E-state index is -0.701. The quantitative estimate of drug-likeness (QED) is 0.483. The molecule has 0 aromatic heterocycles. The van der Waals surface area contributed by atoms with Crippen LogP contribution in [0.5, 0.6) is 5.75 Å². The number of hydrogen-bond donors (Lipinski definition) is 1. The number of aliphatic hydroxyl groups excluding tert-OH is 1. The molecule has 1 saturated heterocycles. The zero-order valence-electron chi connectivity index (χ0n) is 15.2. The van der Waals surface area contributed by atoms with Crippen molar-refractivity contribution in [3.8, 4) is 5.75 Å². The van der Waals surface area contributed by atoms with Crippen LogP contribution in [0.25, 0.3) is 5.76 Å². The van der Waals surface area contributed by atoms with Crippen LogP contribution in [-0.4, -0.2) is 49.1 Å². The minimum absolute atomic E-state index is 0.0764. The molecule has 0 bridgehead atoms. The van der Waals surface area contributed by atoms with Gasteiger partial charge in [-0.3, -0.25) is 9.59 Å². The minimum Gasteiger partial charge on any atom is -0.507 e. The molecule has 0 radical (unpaired) electrons. The van der Waals surface area contributed by atoms with E-state index in [0.29, 0.717) is 16.9 Å². The summed E-state index contributed by atoms with van der Waals surface area (Å²) >= 11 is 0. The van der Waals surface area contributed by atoms with E-state index in [9.17, 15) is 14.7 Å². The number of methoxy groups -OCH3 is 2. The van der Waals surface area contributed by atoms with Crippen molar-refractivity contribution in [3.05, 3.63) is 71.3 Å². The second kappa shape index (κ2) is 8.05. The topological polar surface area (TPSA) is 76.1 Å². The summed E-state index contributed by atoms with van der Waals surface area (Å²) in [5.41, 5.74) is 1.27. The number of ketones is 1. The van der Waals surface area contributed by atoms with E-state index in [0.717, 1.165) is 0 Å². The van der Waals surface area contributed by atoms with E-state index in [4.69, 9.17) is 9.47 Å². The van der Waals surface area contributed by atoms with E-state index in [1.807, 2.05) is 6.07 Å². The molecule has 1 aliphatic rings. The van der Waals surface area contributed by atoms with Gasteiger partial charge in [-0.1, -0.05) is 42.5 Å². The van der Waals surface area contributed by atoms with Gasteiger partial charge in [-0.2, -0.15) is 0 Å². The molecule has 27 heavy (non-hydrogen) atoms.